The van der Waals surface area contributed by atoms with Gasteiger partial charge in [0.05, 0.1) is 0 Å². The zero-order valence-electron chi connectivity index (χ0n) is 19.3. The normalized spacial score (nSPS) is 39.7. The number of aryl methyl sites for hydroxylation is 1. The van der Waals surface area contributed by atoms with Gasteiger partial charge in [0.25, 0.3) is 0 Å². The lowest BCUT2D eigenvalue weighted by Gasteiger charge is -2.30. The minimum absolute atomic E-state index is 0.0830. The molecule has 182 valence electrons. The largest absolute Gasteiger partial charge is 0.459 e. The quantitative estimate of drug-likeness (QED) is 0.210. The molecule has 3 fully saturated rings. The van der Waals surface area contributed by atoms with Crippen molar-refractivity contribution in [3.05, 3.63) is 35.3 Å². The summed E-state index contributed by atoms with van der Waals surface area (Å²) in [4.78, 5) is 48.9. The third-order valence-corrected chi connectivity index (χ3v) is 7.13. The van der Waals surface area contributed by atoms with Crippen molar-refractivity contribution in [2.24, 2.45) is 5.92 Å². The fourth-order valence-corrected chi connectivity index (χ4v) is 5.40. The number of carbonyl (C=O) groups is 4. The number of aldehydes is 1. The third kappa shape index (κ3) is 3.39. The zero-order chi connectivity index (χ0) is 24.6. The number of rotatable bonds is 4. The van der Waals surface area contributed by atoms with Crippen molar-refractivity contribution in [1.82, 2.24) is 0 Å². The second-order valence-electron chi connectivity index (χ2n) is 9.65. The molecule has 34 heavy (non-hydrogen) atoms. The molecule has 0 spiro atoms. The zero-order valence-corrected chi connectivity index (χ0v) is 19.3. The molecule has 0 saturated carbocycles. The predicted octanol–water partition coefficient (Wildman–Crippen LogP) is 2.18. The van der Waals surface area contributed by atoms with Gasteiger partial charge in [-0.2, -0.15) is 0 Å². The lowest BCUT2D eigenvalue weighted by Crippen LogP contribution is -2.42. The lowest BCUT2D eigenvalue weighted by atomic mass is 9.82. The summed E-state index contributed by atoms with van der Waals surface area (Å²) in [6.07, 6.45) is -2.99. The molecule has 5 heterocycles. The van der Waals surface area contributed by atoms with E-state index in [1.54, 1.807) is 13.0 Å². The second kappa shape index (κ2) is 7.51. The summed E-state index contributed by atoms with van der Waals surface area (Å²) in [6, 6.07) is 1.80. The highest BCUT2D eigenvalue weighted by molar-refractivity contribution is 5.88. The smallest absolute Gasteiger partial charge is 0.345 e. The minimum atomic E-state index is -1.50. The molecule has 10 heteroatoms. The second-order valence-corrected chi connectivity index (χ2v) is 9.65. The molecule has 10 nitrogen and oxygen atoms in total. The molecule has 4 bridgehead atoms. The molecule has 3 saturated heterocycles. The van der Waals surface area contributed by atoms with Gasteiger partial charge < -0.3 is 28.1 Å². The van der Waals surface area contributed by atoms with Crippen molar-refractivity contribution in [1.29, 1.82) is 0 Å². The van der Waals surface area contributed by atoms with Crippen molar-refractivity contribution in [3.63, 3.8) is 0 Å². The van der Waals surface area contributed by atoms with Crippen molar-refractivity contribution in [2.75, 3.05) is 0 Å². The molecule has 0 aliphatic carbocycles. The summed E-state index contributed by atoms with van der Waals surface area (Å²) in [6.45, 7) is 9.97. The number of carbonyl (C=O) groups excluding carboxylic acids is 4. The highest BCUT2D eigenvalue weighted by atomic mass is 16.7. The van der Waals surface area contributed by atoms with Crippen molar-refractivity contribution >= 4 is 24.2 Å². The Morgan fingerprint density at radius 3 is 2.53 bits per heavy atom. The van der Waals surface area contributed by atoms with Gasteiger partial charge in [-0.1, -0.05) is 6.58 Å². The Hall–Kier alpha value is -2.98. The molecular weight excluding hydrogens is 448 g/mol. The average molecular weight is 474 g/mol. The third-order valence-electron chi connectivity index (χ3n) is 7.13. The van der Waals surface area contributed by atoms with E-state index >= 15 is 0 Å². The summed E-state index contributed by atoms with van der Waals surface area (Å²) < 4.78 is 34.8. The predicted molar refractivity (Wildman–Crippen MR) is 111 cm³/mol. The fraction of sp³-hybridized carbons (Fsp3) is 0.583. The number of esters is 3. The first-order valence-corrected chi connectivity index (χ1v) is 11.2. The maximum absolute atomic E-state index is 13.0. The first kappa shape index (κ1) is 22.8. The van der Waals surface area contributed by atoms with Crippen LogP contribution in [0.2, 0.25) is 0 Å². The van der Waals surface area contributed by atoms with Gasteiger partial charge in [-0.25, -0.2) is 4.79 Å². The number of hydrogen-bond acceptors (Lipinski definition) is 10. The van der Waals surface area contributed by atoms with E-state index in [0.29, 0.717) is 29.8 Å². The summed E-state index contributed by atoms with van der Waals surface area (Å²) in [7, 11) is 0. The Labute approximate surface area is 195 Å². The maximum Gasteiger partial charge on any atom is 0.345 e. The Balaban J connectivity index is 1.65. The molecule has 0 N–H and O–H groups in total. The Kier molecular flexibility index (Phi) is 5.04. The van der Waals surface area contributed by atoms with Gasteiger partial charge in [0.1, 0.15) is 47.8 Å². The van der Waals surface area contributed by atoms with Crippen molar-refractivity contribution in [2.45, 2.75) is 82.3 Å². The van der Waals surface area contributed by atoms with Crippen LogP contribution >= 0.6 is 0 Å². The van der Waals surface area contributed by atoms with Gasteiger partial charge in [-0.05, 0) is 37.5 Å². The number of epoxide rings is 2. The summed E-state index contributed by atoms with van der Waals surface area (Å²) in [5.74, 6) is -1.89. The van der Waals surface area contributed by atoms with Gasteiger partial charge >= 0.3 is 17.9 Å². The SMILES string of the molecule is C=C(C=O)C1CC(OC(C)=O)C23OC2C(CC2(C)OC2c2cc(C)c(o2)C1OC(C)=O)OC3=O. The minimum Gasteiger partial charge on any atom is -0.459 e. The summed E-state index contributed by atoms with van der Waals surface area (Å²) in [5, 5.41) is 0. The highest BCUT2D eigenvalue weighted by Gasteiger charge is 2.79. The van der Waals surface area contributed by atoms with Crippen LogP contribution in [0, 0.1) is 12.8 Å². The molecule has 8 atom stereocenters. The van der Waals surface area contributed by atoms with Gasteiger partial charge in [-0.15, -0.1) is 0 Å². The number of furan rings is 1. The molecule has 5 rings (SSSR count). The van der Waals surface area contributed by atoms with Crippen LogP contribution in [0.5, 0.6) is 0 Å². The highest BCUT2D eigenvalue weighted by Crippen LogP contribution is 2.60. The van der Waals surface area contributed by atoms with Gasteiger partial charge in [0, 0.05) is 26.2 Å². The molecule has 0 aromatic carbocycles. The Morgan fingerprint density at radius 1 is 1.21 bits per heavy atom. The molecule has 0 amide bonds. The monoisotopic (exact) mass is 474 g/mol. The molecule has 4 aliphatic heterocycles. The van der Waals surface area contributed by atoms with Crippen LogP contribution in [0.15, 0.2) is 22.6 Å². The van der Waals surface area contributed by atoms with Gasteiger partial charge in [0.2, 0.25) is 5.60 Å². The lowest BCUT2D eigenvalue weighted by molar-refractivity contribution is -0.167. The topological polar surface area (TPSA) is 134 Å². The molecule has 1 aromatic rings. The average Bonchev–Trinajstić information content (AvgIpc) is 3.58. The van der Waals surface area contributed by atoms with Crippen LogP contribution in [-0.2, 0) is 42.9 Å². The maximum atomic E-state index is 13.0. The van der Waals surface area contributed by atoms with E-state index in [2.05, 4.69) is 6.58 Å². The van der Waals surface area contributed by atoms with Crippen LogP contribution in [-0.4, -0.2) is 53.7 Å². The Bertz CT molecular complexity index is 1100. The van der Waals surface area contributed by atoms with Crippen LogP contribution in [0.4, 0.5) is 0 Å². The number of fused-ring (bicyclic) bond motifs is 4. The van der Waals surface area contributed by atoms with Gasteiger partial charge in [-0.3, -0.25) is 14.4 Å². The van der Waals surface area contributed by atoms with Crippen molar-refractivity contribution in [3.8, 4) is 0 Å². The van der Waals surface area contributed by atoms with E-state index < -0.39 is 65.5 Å². The van der Waals surface area contributed by atoms with E-state index in [1.807, 2.05) is 6.92 Å². The molecule has 8 unspecified atom stereocenters. The van der Waals surface area contributed by atoms with E-state index in [9.17, 15) is 19.2 Å². The first-order chi connectivity index (χ1) is 16.0. The first-order valence-electron chi connectivity index (χ1n) is 11.2. The molecule has 4 aliphatic rings. The van der Waals surface area contributed by atoms with Crippen LogP contribution in [0.1, 0.15) is 62.9 Å². The summed E-state index contributed by atoms with van der Waals surface area (Å²) in [5.41, 5.74) is -1.39. The van der Waals surface area contributed by atoms with E-state index in [1.165, 1.54) is 13.8 Å². The standard InChI is InChI=1S/C24H26O10/c1-10-6-15-20-23(5,33-20)8-16-21-24(34-21,22(28)32-16)17(29-12(3)26)7-14(11(2)9-25)19(18(10)31-15)30-13(4)27/h6,9,14,16-17,19-21H,2,7-8H2,1,3-5H3. The van der Waals surface area contributed by atoms with E-state index in [0.717, 1.165) is 0 Å². The van der Waals surface area contributed by atoms with Crippen LogP contribution in [0.3, 0.4) is 0 Å². The van der Waals surface area contributed by atoms with Crippen LogP contribution < -0.4 is 0 Å². The molecule has 0 radical (unpaired) electrons. The molecule has 1 aromatic heterocycles. The van der Waals surface area contributed by atoms with Crippen LogP contribution in [0.25, 0.3) is 0 Å². The number of hydrogen-bond donors (Lipinski definition) is 0. The van der Waals surface area contributed by atoms with E-state index in [-0.39, 0.29) is 12.0 Å². The Morgan fingerprint density at radius 2 is 1.91 bits per heavy atom. The number of ether oxygens (including phenoxy) is 5. The van der Waals surface area contributed by atoms with E-state index in [4.69, 9.17) is 28.1 Å². The molecular formula is C24H26O10. The fourth-order valence-electron chi connectivity index (χ4n) is 5.40. The summed E-state index contributed by atoms with van der Waals surface area (Å²) >= 11 is 0. The van der Waals surface area contributed by atoms with Gasteiger partial charge in [0.15, 0.2) is 6.10 Å². The van der Waals surface area contributed by atoms with Crippen molar-refractivity contribution < 1.29 is 47.3 Å².